The predicted octanol–water partition coefficient (Wildman–Crippen LogP) is 4.76. The molecule has 1 aliphatic heterocycles. The number of hydrogen-bond acceptors (Lipinski definition) is 5. The summed E-state index contributed by atoms with van der Waals surface area (Å²) in [7, 11) is -3.64. The lowest BCUT2D eigenvalue weighted by Crippen LogP contribution is -2.30. The Kier molecular flexibility index (Phi) is 5.71. The standard InChI is InChI=1S/C23H21ClN2O4S2/c24-17-8-6-16(7-9-17)21-10-11-22(31-21)32(28,29)25-19-12-18(19)20-14-26(23(27)30-20)13-15-4-2-1-3-5-15/h1-11,18-20,25H,12-14H2/t18-,19-,20-/m0/s1. The number of amides is 1. The van der Waals surface area contributed by atoms with E-state index < -0.39 is 10.0 Å². The summed E-state index contributed by atoms with van der Waals surface area (Å²) in [5, 5.41) is 0.634. The van der Waals surface area contributed by atoms with Gasteiger partial charge in [0.1, 0.15) is 10.3 Å². The van der Waals surface area contributed by atoms with Gasteiger partial charge in [0, 0.05) is 28.4 Å². The zero-order chi connectivity index (χ0) is 22.3. The fraction of sp³-hybridized carbons (Fsp3) is 0.261. The molecule has 2 heterocycles. The molecule has 1 saturated heterocycles. The van der Waals surface area contributed by atoms with Gasteiger partial charge in [-0.1, -0.05) is 54.1 Å². The molecule has 1 N–H and O–H groups in total. The molecule has 1 amide bonds. The van der Waals surface area contributed by atoms with Crippen molar-refractivity contribution in [3.63, 3.8) is 0 Å². The third-order valence-electron chi connectivity index (χ3n) is 5.73. The molecule has 2 aliphatic rings. The second kappa shape index (κ2) is 8.51. The Morgan fingerprint density at radius 1 is 1.06 bits per heavy atom. The first-order valence-electron chi connectivity index (χ1n) is 10.3. The molecule has 9 heteroatoms. The second-order valence-corrected chi connectivity index (χ2v) is 11.5. The molecule has 0 spiro atoms. The largest absolute Gasteiger partial charge is 0.444 e. The number of sulfonamides is 1. The van der Waals surface area contributed by atoms with Crippen LogP contribution in [0.3, 0.4) is 0 Å². The van der Waals surface area contributed by atoms with Gasteiger partial charge in [-0.2, -0.15) is 0 Å². The zero-order valence-corrected chi connectivity index (χ0v) is 19.4. The molecule has 0 bridgehead atoms. The number of halogens is 1. The monoisotopic (exact) mass is 488 g/mol. The van der Waals surface area contributed by atoms with Crippen LogP contribution in [0.4, 0.5) is 4.79 Å². The van der Waals surface area contributed by atoms with E-state index in [1.54, 1.807) is 29.2 Å². The molecular weight excluding hydrogens is 468 g/mol. The lowest BCUT2D eigenvalue weighted by molar-refractivity contribution is 0.122. The topological polar surface area (TPSA) is 75.7 Å². The molecule has 3 aromatic rings. The Morgan fingerprint density at radius 2 is 1.81 bits per heavy atom. The quantitative estimate of drug-likeness (QED) is 0.520. The number of thiophene rings is 1. The number of carbonyl (C=O) groups is 1. The summed E-state index contributed by atoms with van der Waals surface area (Å²) < 4.78 is 34.3. The highest BCUT2D eigenvalue weighted by molar-refractivity contribution is 7.91. The van der Waals surface area contributed by atoms with Gasteiger partial charge in [-0.25, -0.2) is 17.9 Å². The Balaban J connectivity index is 1.20. The Morgan fingerprint density at radius 3 is 2.56 bits per heavy atom. The summed E-state index contributed by atoms with van der Waals surface area (Å²) in [5.74, 6) is -0.00908. The molecule has 3 atom stereocenters. The number of benzene rings is 2. The molecule has 1 saturated carbocycles. The fourth-order valence-electron chi connectivity index (χ4n) is 3.94. The van der Waals surface area contributed by atoms with Crippen molar-refractivity contribution in [3.8, 4) is 10.4 Å². The van der Waals surface area contributed by atoms with E-state index in [-0.39, 0.29) is 28.4 Å². The third kappa shape index (κ3) is 4.54. The predicted molar refractivity (Wildman–Crippen MR) is 124 cm³/mol. The summed E-state index contributed by atoms with van der Waals surface area (Å²) in [6.45, 7) is 0.957. The highest BCUT2D eigenvalue weighted by Gasteiger charge is 2.50. The Bertz CT molecular complexity index is 1230. The maximum Gasteiger partial charge on any atom is 0.410 e. The van der Waals surface area contributed by atoms with Crippen LogP contribution in [0.1, 0.15) is 12.0 Å². The summed E-state index contributed by atoms with van der Waals surface area (Å²) >= 11 is 7.15. The van der Waals surface area contributed by atoms with Crippen molar-refractivity contribution in [1.29, 1.82) is 0 Å². The number of nitrogens with zero attached hydrogens (tertiary/aromatic N) is 1. The van der Waals surface area contributed by atoms with E-state index >= 15 is 0 Å². The van der Waals surface area contributed by atoms with Gasteiger partial charge < -0.3 is 9.64 Å². The number of carbonyl (C=O) groups excluding carboxylic acids is 1. The number of rotatable bonds is 7. The number of hydrogen-bond donors (Lipinski definition) is 1. The minimum Gasteiger partial charge on any atom is -0.444 e. The minimum absolute atomic E-state index is 0.00908. The smallest absolute Gasteiger partial charge is 0.410 e. The van der Waals surface area contributed by atoms with Gasteiger partial charge in [0.05, 0.1) is 6.54 Å². The molecule has 166 valence electrons. The second-order valence-electron chi connectivity index (χ2n) is 8.04. The van der Waals surface area contributed by atoms with Crippen LogP contribution in [0.5, 0.6) is 0 Å². The first-order chi connectivity index (χ1) is 15.4. The minimum atomic E-state index is -3.64. The molecule has 2 aromatic carbocycles. The third-order valence-corrected chi connectivity index (χ3v) is 9.09. The molecule has 1 aliphatic carbocycles. The van der Waals surface area contributed by atoms with E-state index in [1.807, 2.05) is 42.5 Å². The van der Waals surface area contributed by atoms with Gasteiger partial charge in [0.25, 0.3) is 0 Å². The van der Waals surface area contributed by atoms with Crippen LogP contribution < -0.4 is 4.72 Å². The van der Waals surface area contributed by atoms with Crippen LogP contribution in [-0.2, 0) is 21.3 Å². The molecule has 0 radical (unpaired) electrons. The highest BCUT2D eigenvalue weighted by atomic mass is 35.5. The summed E-state index contributed by atoms with van der Waals surface area (Å²) in [6, 6.07) is 20.2. The van der Waals surface area contributed by atoms with Crippen LogP contribution in [0, 0.1) is 5.92 Å². The first-order valence-corrected chi connectivity index (χ1v) is 12.9. The number of nitrogens with one attached hydrogen (secondary N) is 1. The van der Waals surface area contributed by atoms with Gasteiger partial charge >= 0.3 is 6.09 Å². The van der Waals surface area contributed by atoms with Crippen molar-refractivity contribution in [2.24, 2.45) is 5.92 Å². The van der Waals surface area contributed by atoms with E-state index in [9.17, 15) is 13.2 Å². The maximum atomic E-state index is 12.9. The molecule has 6 nitrogen and oxygen atoms in total. The van der Waals surface area contributed by atoms with Crippen LogP contribution in [-0.4, -0.2) is 38.1 Å². The van der Waals surface area contributed by atoms with Crippen LogP contribution in [0.2, 0.25) is 5.02 Å². The Labute approximate surface area is 195 Å². The first kappa shape index (κ1) is 21.5. The molecule has 5 rings (SSSR count). The fourth-order valence-corrected chi connectivity index (χ4v) is 6.70. The summed E-state index contributed by atoms with van der Waals surface area (Å²) in [5.41, 5.74) is 1.95. The van der Waals surface area contributed by atoms with Gasteiger partial charge in [-0.15, -0.1) is 11.3 Å². The van der Waals surface area contributed by atoms with Crippen LogP contribution in [0.15, 0.2) is 70.9 Å². The highest BCUT2D eigenvalue weighted by Crippen LogP contribution is 2.40. The van der Waals surface area contributed by atoms with E-state index in [1.165, 1.54) is 11.3 Å². The van der Waals surface area contributed by atoms with Crippen molar-refractivity contribution < 1.29 is 17.9 Å². The van der Waals surface area contributed by atoms with Crippen molar-refractivity contribution in [2.45, 2.75) is 29.3 Å². The molecule has 2 fully saturated rings. The maximum absolute atomic E-state index is 12.9. The lowest BCUT2D eigenvalue weighted by Gasteiger charge is -2.12. The van der Waals surface area contributed by atoms with Crippen LogP contribution in [0.25, 0.3) is 10.4 Å². The van der Waals surface area contributed by atoms with Crippen molar-refractivity contribution in [1.82, 2.24) is 9.62 Å². The van der Waals surface area contributed by atoms with Crippen molar-refractivity contribution >= 4 is 39.1 Å². The van der Waals surface area contributed by atoms with Crippen molar-refractivity contribution in [2.75, 3.05) is 6.54 Å². The van der Waals surface area contributed by atoms with E-state index in [0.717, 1.165) is 16.0 Å². The molecule has 1 aromatic heterocycles. The Hall–Kier alpha value is -2.39. The van der Waals surface area contributed by atoms with E-state index in [4.69, 9.17) is 16.3 Å². The van der Waals surface area contributed by atoms with E-state index in [2.05, 4.69) is 4.72 Å². The normalized spacial score (nSPS) is 22.7. The SMILES string of the molecule is O=C1O[C@H]([C@H]2C[C@@H]2NS(=O)(=O)c2ccc(-c3ccc(Cl)cc3)s2)CN1Cc1ccccc1. The van der Waals surface area contributed by atoms with Gasteiger partial charge in [0.15, 0.2) is 0 Å². The van der Waals surface area contributed by atoms with E-state index in [0.29, 0.717) is 24.5 Å². The summed E-state index contributed by atoms with van der Waals surface area (Å²) in [6.07, 6.45) is 0.0104. The number of ether oxygens (including phenoxy) is 1. The zero-order valence-electron chi connectivity index (χ0n) is 17.0. The van der Waals surface area contributed by atoms with Crippen LogP contribution >= 0.6 is 22.9 Å². The van der Waals surface area contributed by atoms with Gasteiger partial charge in [-0.05, 0) is 41.8 Å². The van der Waals surface area contributed by atoms with Gasteiger partial charge in [0.2, 0.25) is 10.0 Å². The molecular formula is C23H21ClN2O4S2. The molecule has 0 unspecified atom stereocenters. The average molecular weight is 489 g/mol. The van der Waals surface area contributed by atoms with Gasteiger partial charge in [-0.3, -0.25) is 0 Å². The van der Waals surface area contributed by atoms with Crippen molar-refractivity contribution in [3.05, 3.63) is 77.3 Å². The lowest BCUT2D eigenvalue weighted by atomic mass is 10.2. The molecule has 32 heavy (non-hydrogen) atoms. The average Bonchev–Trinajstić information content (AvgIpc) is 3.17. The number of cyclic esters (lactones) is 1. The summed E-state index contributed by atoms with van der Waals surface area (Å²) in [4.78, 5) is 14.8.